The molecular formula is C10H19F3N2. The molecule has 1 fully saturated rings. The van der Waals surface area contributed by atoms with E-state index in [0.717, 1.165) is 25.9 Å². The second-order valence-corrected chi connectivity index (χ2v) is 3.99. The molecule has 1 saturated heterocycles. The van der Waals surface area contributed by atoms with Crippen LogP contribution in [0.1, 0.15) is 26.2 Å². The van der Waals surface area contributed by atoms with Crippen LogP contribution in [0.25, 0.3) is 0 Å². The highest BCUT2D eigenvalue weighted by Gasteiger charge is 2.29. The van der Waals surface area contributed by atoms with Crippen molar-refractivity contribution in [3.05, 3.63) is 0 Å². The van der Waals surface area contributed by atoms with Crippen LogP contribution in [0, 0.1) is 0 Å². The number of alkyl halides is 3. The monoisotopic (exact) mass is 224 g/mol. The summed E-state index contributed by atoms with van der Waals surface area (Å²) < 4.78 is 36.2. The number of piperidine rings is 1. The Labute approximate surface area is 88.8 Å². The summed E-state index contributed by atoms with van der Waals surface area (Å²) in [4.78, 5) is 1.93. The van der Waals surface area contributed by atoms with Crippen LogP contribution in [0.3, 0.4) is 0 Å². The van der Waals surface area contributed by atoms with Gasteiger partial charge in [-0.05, 0) is 25.9 Å². The summed E-state index contributed by atoms with van der Waals surface area (Å²) in [6.07, 6.45) is -2.65. The lowest BCUT2D eigenvalue weighted by atomic mass is 10.1. The normalized spacial score (nSPS) is 23.4. The topological polar surface area (TPSA) is 15.3 Å². The standard InChI is InChI=1S/C10H19F3N2/c1-2-15(7-5-10(11,12)13)9-4-3-6-14-8-9/h9,14H,2-8H2,1H3. The Kier molecular flexibility index (Phi) is 4.86. The third kappa shape index (κ3) is 4.84. The Bertz CT molecular complexity index is 176. The minimum Gasteiger partial charge on any atom is -0.315 e. The van der Waals surface area contributed by atoms with E-state index in [1.165, 1.54) is 0 Å². The summed E-state index contributed by atoms with van der Waals surface area (Å²) >= 11 is 0. The molecule has 15 heavy (non-hydrogen) atoms. The summed E-state index contributed by atoms with van der Waals surface area (Å²) in [6.45, 7) is 4.57. The summed E-state index contributed by atoms with van der Waals surface area (Å²) in [5.74, 6) is 0. The fraction of sp³-hybridized carbons (Fsp3) is 1.00. The van der Waals surface area contributed by atoms with Gasteiger partial charge in [-0.3, -0.25) is 4.90 Å². The van der Waals surface area contributed by atoms with Crippen molar-refractivity contribution in [2.45, 2.75) is 38.4 Å². The van der Waals surface area contributed by atoms with Gasteiger partial charge in [0, 0.05) is 19.1 Å². The van der Waals surface area contributed by atoms with Crippen molar-refractivity contribution in [1.82, 2.24) is 10.2 Å². The Morgan fingerprint density at radius 2 is 2.13 bits per heavy atom. The molecule has 5 heteroatoms. The van der Waals surface area contributed by atoms with Crippen molar-refractivity contribution >= 4 is 0 Å². The first kappa shape index (κ1) is 12.8. The molecular weight excluding hydrogens is 205 g/mol. The molecule has 0 amide bonds. The molecule has 1 N–H and O–H groups in total. The van der Waals surface area contributed by atoms with E-state index in [4.69, 9.17) is 0 Å². The van der Waals surface area contributed by atoms with E-state index in [0.29, 0.717) is 6.54 Å². The van der Waals surface area contributed by atoms with Crippen molar-refractivity contribution in [2.24, 2.45) is 0 Å². The van der Waals surface area contributed by atoms with Gasteiger partial charge < -0.3 is 5.32 Å². The zero-order valence-corrected chi connectivity index (χ0v) is 9.11. The summed E-state index contributed by atoms with van der Waals surface area (Å²) in [6, 6.07) is 0.283. The van der Waals surface area contributed by atoms with Crippen LogP contribution in [0.4, 0.5) is 13.2 Å². The Morgan fingerprint density at radius 3 is 2.60 bits per heavy atom. The van der Waals surface area contributed by atoms with Crippen LogP contribution in [0.2, 0.25) is 0 Å². The van der Waals surface area contributed by atoms with Gasteiger partial charge in [0.25, 0.3) is 0 Å². The number of rotatable bonds is 4. The first-order valence-electron chi connectivity index (χ1n) is 5.54. The lowest BCUT2D eigenvalue weighted by Crippen LogP contribution is -2.46. The number of halogens is 3. The maximum atomic E-state index is 12.1. The van der Waals surface area contributed by atoms with Crippen LogP contribution in [0.15, 0.2) is 0 Å². The molecule has 1 aliphatic rings. The lowest BCUT2D eigenvalue weighted by Gasteiger charge is -2.34. The minimum absolute atomic E-state index is 0.131. The highest BCUT2D eigenvalue weighted by atomic mass is 19.4. The van der Waals surface area contributed by atoms with Crippen molar-refractivity contribution in [3.8, 4) is 0 Å². The molecule has 0 spiro atoms. The van der Waals surface area contributed by atoms with E-state index in [1.54, 1.807) is 0 Å². The molecule has 0 radical (unpaired) electrons. The maximum Gasteiger partial charge on any atom is 0.390 e. The third-order valence-corrected chi connectivity index (χ3v) is 2.88. The lowest BCUT2D eigenvalue weighted by molar-refractivity contribution is -0.139. The van der Waals surface area contributed by atoms with Gasteiger partial charge in [-0.2, -0.15) is 13.2 Å². The SMILES string of the molecule is CCN(CCC(F)(F)F)C1CCCNC1. The smallest absolute Gasteiger partial charge is 0.315 e. The number of nitrogens with zero attached hydrogens (tertiary/aromatic N) is 1. The molecule has 0 aromatic rings. The van der Waals surface area contributed by atoms with E-state index >= 15 is 0 Å². The fourth-order valence-electron chi connectivity index (χ4n) is 2.01. The van der Waals surface area contributed by atoms with Gasteiger partial charge >= 0.3 is 6.18 Å². The van der Waals surface area contributed by atoms with E-state index in [9.17, 15) is 13.2 Å². The fourth-order valence-corrected chi connectivity index (χ4v) is 2.01. The molecule has 0 aromatic heterocycles. The molecule has 0 bridgehead atoms. The van der Waals surface area contributed by atoms with Gasteiger partial charge in [-0.1, -0.05) is 6.92 Å². The van der Waals surface area contributed by atoms with Crippen LogP contribution in [-0.2, 0) is 0 Å². The van der Waals surface area contributed by atoms with Crippen LogP contribution in [-0.4, -0.2) is 43.3 Å². The maximum absolute atomic E-state index is 12.1. The summed E-state index contributed by atoms with van der Waals surface area (Å²) in [7, 11) is 0. The number of nitrogens with one attached hydrogen (secondary N) is 1. The molecule has 1 atom stereocenters. The molecule has 1 rings (SSSR count). The van der Waals surface area contributed by atoms with Crippen LogP contribution < -0.4 is 5.32 Å². The molecule has 2 nitrogen and oxygen atoms in total. The highest BCUT2D eigenvalue weighted by Crippen LogP contribution is 2.21. The second kappa shape index (κ2) is 5.70. The predicted octanol–water partition coefficient (Wildman–Crippen LogP) is 2.01. The Balaban J connectivity index is 2.34. The molecule has 0 saturated carbocycles. The zero-order chi connectivity index (χ0) is 11.3. The predicted molar refractivity (Wildman–Crippen MR) is 53.8 cm³/mol. The van der Waals surface area contributed by atoms with E-state index in [1.807, 2.05) is 11.8 Å². The quantitative estimate of drug-likeness (QED) is 0.786. The first-order chi connectivity index (χ1) is 7.03. The molecule has 0 aromatic carbocycles. The van der Waals surface area contributed by atoms with Gasteiger partial charge in [0.15, 0.2) is 0 Å². The number of hydrogen-bond acceptors (Lipinski definition) is 2. The molecule has 0 aliphatic carbocycles. The van der Waals surface area contributed by atoms with Gasteiger partial charge in [0.05, 0.1) is 6.42 Å². The largest absolute Gasteiger partial charge is 0.390 e. The average Bonchev–Trinajstić information content (AvgIpc) is 2.19. The van der Waals surface area contributed by atoms with Crippen molar-refractivity contribution in [2.75, 3.05) is 26.2 Å². The van der Waals surface area contributed by atoms with E-state index in [2.05, 4.69) is 5.32 Å². The Hall–Kier alpha value is -0.290. The summed E-state index contributed by atoms with van der Waals surface area (Å²) in [5, 5.41) is 3.22. The van der Waals surface area contributed by atoms with Crippen LogP contribution >= 0.6 is 0 Å². The van der Waals surface area contributed by atoms with E-state index in [-0.39, 0.29) is 12.6 Å². The Morgan fingerprint density at radius 1 is 1.40 bits per heavy atom. The minimum atomic E-state index is -4.03. The molecule has 1 heterocycles. The van der Waals surface area contributed by atoms with Crippen molar-refractivity contribution in [1.29, 1.82) is 0 Å². The van der Waals surface area contributed by atoms with Crippen molar-refractivity contribution < 1.29 is 13.2 Å². The second-order valence-electron chi connectivity index (χ2n) is 3.99. The molecule has 1 unspecified atom stereocenters. The van der Waals surface area contributed by atoms with Gasteiger partial charge in [0.1, 0.15) is 0 Å². The van der Waals surface area contributed by atoms with Gasteiger partial charge in [0.2, 0.25) is 0 Å². The molecule has 90 valence electrons. The van der Waals surface area contributed by atoms with Gasteiger partial charge in [-0.15, -0.1) is 0 Å². The highest BCUT2D eigenvalue weighted by molar-refractivity contribution is 4.78. The number of likely N-dealkylation sites (N-methyl/N-ethyl adjacent to an activating group) is 1. The third-order valence-electron chi connectivity index (χ3n) is 2.88. The first-order valence-corrected chi connectivity index (χ1v) is 5.54. The van der Waals surface area contributed by atoms with Crippen LogP contribution in [0.5, 0.6) is 0 Å². The molecule has 1 aliphatic heterocycles. The number of hydrogen-bond donors (Lipinski definition) is 1. The zero-order valence-electron chi connectivity index (χ0n) is 9.11. The summed E-state index contributed by atoms with van der Waals surface area (Å²) in [5.41, 5.74) is 0. The van der Waals surface area contributed by atoms with E-state index < -0.39 is 12.6 Å². The van der Waals surface area contributed by atoms with Crippen molar-refractivity contribution in [3.63, 3.8) is 0 Å². The van der Waals surface area contributed by atoms with Gasteiger partial charge in [-0.25, -0.2) is 0 Å². The average molecular weight is 224 g/mol.